The summed E-state index contributed by atoms with van der Waals surface area (Å²) in [7, 11) is 0. The van der Waals surface area contributed by atoms with Crippen LogP contribution in [0.25, 0.3) is 15.7 Å². The van der Waals surface area contributed by atoms with E-state index in [9.17, 15) is 9.90 Å². The summed E-state index contributed by atoms with van der Waals surface area (Å²) in [5, 5.41) is 14.2. The maximum Gasteiger partial charge on any atom is 0.269 e. The van der Waals surface area contributed by atoms with E-state index in [2.05, 4.69) is 5.32 Å². The Morgan fingerprint density at radius 3 is 2.17 bits per heavy atom. The molecule has 0 aliphatic heterocycles. The predicted octanol–water partition coefficient (Wildman–Crippen LogP) is 6.15. The van der Waals surface area contributed by atoms with Crippen molar-refractivity contribution in [3.05, 3.63) is 101 Å². The first-order valence-electron chi connectivity index (χ1n) is 9.09. The lowest BCUT2D eigenvalue weighted by molar-refractivity contribution is 0.0972. The summed E-state index contributed by atoms with van der Waals surface area (Å²) in [6.07, 6.45) is 3.70. The molecule has 5 heteroatoms. The molecule has 0 aliphatic carbocycles. The van der Waals surface area contributed by atoms with Gasteiger partial charge in [-0.05, 0) is 35.6 Å². The van der Waals surface area contributed by atoms with Crippen molar-refractivity contribution in [2.24, 2.45) is 0 Å². The lowest BCUT2D eigenvalue weighted by Crippen LogP contribution is -2.16. The van der Waals surface area contributed by atoms with E-state index in [1.165, 1.54) is 11.3 Å². The van der Waals surface area contributed by atoms with Gasteiger partial charge in [0.05, 0.1) is 0 Å². The molecule has 1 heterocycles. The van der Waals surface area contributed by atoms with Crippen LogP contribution in [-0.4, -0.2) is 17.3 Å². The molecule has 29 heavy (non-hydrogen) atoms. The summed E-state index contributed by atoms with van der Waals surface area (Å²) in [6, 6.07) is 25.7. The molecule has 4 rings (SSSR count). The van der Waals surface area contributed by atoms with Gasteiger partial charge in [0.1, 0.15) is 10.6 Å². The molecule has 0 unspecified atom stereocenters. The maximum absolute atomic E-state index is 12.8. The second kappa shape index (κ2) is 8.55. The average Bonchev–Trinajstić information content (AvgIpc) is 3.11. The van der Waals surface area contributed by atoms with Gasteiger partial charge in [-0.15, -0.1) is 23.1 Å². The number of carbonyl (C=O) groups is 1. The highest BCUT2D eigenvalue weighted by Crippen LogP contribution is 2.38. The average molecular weight is 418 g/mol. The summed E-state index contributed by atoms with van der Waals surface area (Å²) in [6.45, 7) is 0. The fourth-order valence-corrected chi connectivity index (χ4v) is 4.54. The molecule has 3 nitrogen and oxygen atoms in total. The summed E-state index contributed by atoms with van der Waals surface area (Å²) in [5.41, 5.74) is 2.91. The molecule has 1 amide bonds. The molecule has 144 valence electrons. The highest BCUT2D eigenvalue weighted by atomic mass is 32.2. The second-order valence-electron chi connectivity index (χ2n) is 6.41. The lowest BCUT2D eigenvalue weighted by Gasteiger charge is -2.09. The zero-order chi connectivity index (χ0) is 20.2. The minimum Gasteiger partial charge on any atom is -0.506 e. The lowest BCUT2D eigenvalue weighted by atomic mass is 9.99. The van der Waals surface area contributed by atoms with Crippen molar-refractivity contribution < 1.29 is 9.90 Å². The molecule has 3 aromatic carbocycles. The van der Waals surface area contributed by atoms with Crippen molar-refractivity contribution in [3.8, 4) is 5.75 Å². The number of fused-ring (bicyclic) bond motifs is 1. The Morgan fingerprint density at radius 2 is 1.59 bits per heavy atom. The van der Waals surface area contributed by atoms with Crippen molar-refractivity contribution in [2.75, 3.05) is 6.26 Å². The van der Waals surface area contributed by atoms with E-state index >= 15 is 0 Å². The molecule has 0 fully saturated rings. The Morgan fingerprint density at radius 1 is 0.966 bits per heavy atom. The summed E-state index contributed by atoms with van der Waals surface area (Å²) in [4.78, 5) is 14.2. The quantitative estimate of drug-likeness (QED) is 0.383. The third kappa shape index (κ3) is 4.06. The number of benzene rings is 3. The monoisotopic (exact) mass is 417 g/mol. The van der Waals surface area contributed by atoms with Gasteiger partial charge in [-0.2, -0.15) is 0 Å². The number of nitrogens with one attached hydrogen (secondary N) is 1. The largest absolute Gasteiger partial charge is 0.506 e. The molecule has 0 atom stereocenters. The van der Waals surface area contributed by atoms with Gasteiger partial charge in [-0.25, -0.2) is 0 Å². The Bertz CT molecular complexity index is 1140. The minimum absolute atomic E-state index is 0.0350. The topological polar surface area (TPSA) is 49.3 Å². The number of thiophene rings is 1. The number of thioether (sulfide) groups is 1. The van der Waals surface area contributed by atoms with Crippen LogP contribution in [0.5, 0.6) is 5.75 Å². The third-order valence-corrected chi connectivity index (χ3v) is 6.48. The zero-order valence-electron chi connectivity index (χ0n) is 15.8. The first-order valence-corrected chi connectivity index (χ1v) is 11.1. The van der Waals surface area contributed by atoms with Gasteiger partial charge >= 0.3 is 0 Å². The van der Waals surface area contributed by atoms with Crippen LogP contribution in [0.3, 0.4) is 0 Å². The Balaban J connectivity index is 1.68. The van der Waals surface area contributed by atoms with Crippen LogP contribution in [-0.2, 0) is 0 Å². The molecule has 4 aromatic rings. The second-order valence-corrected chi connectivity index (χ2v) is 8.34. The normalized spacial score (nSPS) is 10.7. The zero-order valence-corrected chi connectivity index (χ0v) is 17.4. The number of rotatable bonds is 5. The van der Waals surface area contributed by atoms with E-state index in [1.807, 2.05) is 85.1 Å². The van der Waals surface area contributed by atoms with Gasteiger partial charge in [0, 0.05) is 26.8 Å². The first kappa shape index (κ1) is 19.3. The molecule has 0 saturated heterocycles. The van der Waals surface area contributed by atoms with Gasteiger partial charge in [0.2, 0.25) is 0 Å². The van der Waals surface area contributed by atoms with Crippen molar-refractivity contribution in [3.63, 3.8) is 0 Å². The molecule has 0 aliphatic rings. The van der Waals surface area contributed by atoms with E-state index < -0.39 is 0 Å². The minimum atomic E-state index is -0.321. The molecular formula is C24H19NO2S2. The van der Waals surface area contributed by atoms with Gasteiger partial charge in [-0.3, -0.25) is 4.79 Å². The van der Waals surface area contributed by atoms with Crippen molar-refractivity contribution >= 4 is 44.7 Å². The van der Waals surface area contributed by atoms with Crippen LogP contribution >= 0.6 is 23.1 Å². The number of hydrogen-bond donors (Lipinski definition) is 2. The Kier molecular flexibility index (Phi) is 5.69. The van der Waals surface area contributed by atoms with E-state index in [0.29, 0.717) is 10.3 Å². The number of aromatic hydroxyl groups is 1. The van der Waals surface area contributed by atoms with E-state index in [4.69, 9.17) is 0 Å². The molecule has 0 radical (unpaired) electrons. The molecule has 2 N–H and O–H groups in total. The molecule has 0 bridgehead atoms. The molecule has 0 spiro atoms. The van der Waals surface area contributed by atoms with Crippen LogP contribution in [0.2, 0.25) is 0 Å². The molecule has 0 saturated carbocycles. The number of amides is 1. The molecular weight excluding hydrogens is 398 g/mol. The van der Waals surface area contributed by atoms with Gasteiger partial charge in [0.15, 0.2) is 0 Å². The van der Waals surface area contributed by atoms with Crippen molar-refractivity contribution in [1.82, 2.24) is 5.32 Å². The summed E-state index contributed by atoms with van der Waals surface area (Å²) >= 11 is 2.90. The Labute approximate surface area is 177 Å². The first-order chi connectivity index (χ1) is 14.2. The summed E-state index contributed by atoms with van der Waals surface area (Å²) in [5.74, 6) is -0.286. The van der Waals surface area contributed by atoms with Crippen molar-refractivity contribution in [2.45, 2.75) is 4.90 Å². The van der Waals surface area contributed by atoms with Crippen molar-refractivity contribution in [1.29, 1.82) is 0 Å². The fourth-order valence-electron chi connectivity index (χ4n) is 3.12. The number of carbonyl (C=O) groups excluding carboxylic acids is 1. The van der Waals surface area contributed by atoms with Crippen LogP contribution in [0.15, 0.2) is 90.0 Å². The summed E-state index contributed by atoms with van der Waals surface area (Å²) < 4.78 is 0.890. The van der Waals surface area contributed by atoms with Crippen LogP contribution in [0.4, 0.5) is 0 Å². The van der Waals surface area contributed by atoms with Gasteiger partial charge in [-0.1, -0.05) is 60.7 Å². The van der Waals surface area contributed by atoms with E-state index in [0.717, 1.165) is 26.3 Å². The fraction of sp³-hybridized carbons (Fsp3) is 0.0417. The van der Waals surface area contributed by atoms with Gasteiger partial charge in [0.25, 0.3) is 5.91 Å². The van der Waals surface area contributed by atoms with Crippen LogP contribution in [0.1, 0.15) is 20.8 Å². The standard InChI is InChI=1S/C24H19NO2S2/c1-28-18-12-13-21-19(14-18)22(26)23(29-21)24(27)25-15-20(16-8-4-2-5-9-16)17-10-6-3-7-11-17/h2-15,26H,1H3,(H,25,27). The highest BCUT2D eigenvalue weighted by molar-refractivity contribution is 7.98. The Hall–Kier alpha value is -3.02. The number of hydrogen-bond acceptors (Lipinski definition) is 4. The van der Waals surface area contributed by atoms with E-state index in [1.54, 1.807) is 18.0 Å². The van der Waals surface area contributed by atoms with E-state index in [-0.39, 0.29) is 11.7 Å². The predicted molar refractivity (Wildman–Crippen MR) is 123 cm³/mol. The van der Waals surface area contributed by atoms with Crippen LogP contribution < -0.4 is 5.32 Å². The highest BCUT2D eigenvalue weighted by Gasteiger charge is 2.18. The third-order valence-electron chi connectivity index (χ3n) is 4.59. The smallest absolute Gasteiger partial charge is 0.269 e. The SMILES string of the molecule is CSc1ccc2sc(C(=O)NC=C(c3ccccc3)c3ccccc3)c(O)c2c1. The van der Waals surface area contributed by atoms with Crippen LogP contribution in [0, 0.1) is 0 Å². The maximum atomic E-state index is 12.8. The molecule has 1 aromatic heterocycles. The van der Waals surface area contributed by atoms with Gasteiger partial charge < -0.3 is 10.4 Å².